The summed E-state index contributed by atoms with van der Waals surface area (Å²) in [6, 6.07) is 7.80. The summed E-state index contributed by atoms with van der Waals surface area (Å²) >= 11 is 0. The van der Waals surface area contributed by atoms with Gasteiger partial charge in [-0.1, -0.05) is 6.07 Å². The Morgan fingerprint density at radius 2 is 2.09 bits per heavy atom. The molecule has 3 atom stereocenters. The number of hydrogen-bond donors (Lipinski definition) is 2. The van der Waals surface area contributed by atoms with Crippen molar-refractivity contribution in [3.8, 4) is 5.75 Å². The van der Waals surface area contributed by atoms with Crippen molar-refractivity contribution in [1.82, 2.24) is 9.88 Å². The Hall–Kier alpha value is -2.64. The van der Waals surface area contributed by atoms with E-state index in [1.807, 2.05) is 6.07 Å². The fraction of sp³-hybridized carbons (Fsp3) is 0.520. The third-order valence-corrected chi connectivity index (χ3v) is 7.26. The van der Waals surface area contributed by atoms with Crippen LogP contribution in [-0.2, 0) is 24.0 Å². The van der Waals surface area contributed by atoms with E-state index in [-0.39, 0.29) is 11.6 Å². The summed E-state index contributed by atoms with van der Waals surface area (Å²) in [6.07, 6.45) is 3.49. The monoisotopic (exact) mass is 440 g/mol. The number of esters is 1. The number of hydrogen-bond acceptors (Lipinski definition) is 6. The van der Waals surface area contributed by atoms with Gasteiger partial charge in [0.05, 0.1) is 19.8 Å². The number of aromatic nitrogens is 1. The first kappa shape index (κ1) is 22.6. The third kappa shape index (κ3) is 4.07. The van der Waals surface area contributed by atoms with Gasteiger partial charge in [0.25, 0.3) is 5.56 Å². The molecule has 1 fully saturated rings. The summed E-state index contributed by atoms with van der Waals surface area (Å²) in [7, 11) is 4.99. The number of aliphatic hydroxyl groups is 1. The Morgan fingerprint density at radius 1 is 1.31 bits per heavy atom. The number of carbonyl (C=O) groups is 1. The molecule has 2 N–H and O–H groups in total. The highest BCUT2D eigenvalue weighted by molar-refractivity contribution is 5.89. The Morgan fingerprint density at radius 3 is 2.78 bits per heavy atom. The second-order valence-corrected chi connectivity index (χ2v) is 9.26. The van der Waals surface area contributed by atoms with Crippen molar-refractivity contribution >= 4 is 5.97 Å². The number of nitrogens with zero attached hydrogens (tertiary/aromatic N) is 1. The summed E-state index contributed by atoms with van der Waals surface area (Å²) in [5, 5.41) is 11.7. The van der Waals surface area contributed by atoms with Crippen molar-refractivity contribution in [2.24, 2.45) is 5.92 Å². The van der Waals surface area contributed by atoms with Crippen LogP contribution in [0.3, 0.4) is 0 Å². The van der Waals surface area contributed by atoms with Gasteiger partial charge in [0.15, 0.2) is 0 Å². The van der Waals surface area contributed by atoms with E-state index in [9.17, 15) is 14.7 Å². The molecule has 1 aliphatic heterocycles. The first-order valence-electron chi connectivity index (χ1n) is 11.1. The van der Waals surface area contributed by atoms with Crippen molar-refractivity contribution < 1.29 is 19.4 Å². The SMILES string of the molecule is COC(=O)c1cc2c([nH]c1=O)CCC(O)(C1C(CCc3cc(OC)ccc3C)CN1C)C2. The first-order chi connectivity index (χ1) is 15.3. The van der Waals surface area contributed by atoms with Gasteiger partial charge in [-0.05, 0) is 80.5 Å². The quantitative estimate of drug-likeness (QED) is 0.670. The van der Waals surface area contributed by atoms with Crippen LogP contribution in [0.5, 0.6) is 5.75 Å². The lowest BCUT2D eigenvalue weighted by Crippen LogP contribution is -2.67. The van der Waals surface area contributed by atoms with E-state index >= 15 is 0 Å². The molecule has 1 saturated heterocycles. The molecule has 0 amide bonds. The molecule has 172 valence electrons. The highest BCUT2D eigenvalue weighted by Gasteiger charge is 2.51. The summed E-state index contributed by atoms with van der Waals surface area (Å²) in [5.41, 5.74) is 2.80. The smallest absolute Gasteiger partial charge is 0.343 e. The number of nitrogens with one attached hydrogen (secondary N) is 1. The molecule has 7 nitrogen and oxygen atoms in total. The van der Waals surface area contributed by atoms with Gasteiger partial charge in [0.2, 0.25) is 0 Å². The predicted molar refractivity (Wildman–Crippen MR) is 121 cm³/mol. The van der Waals surface area contributed by atoms with Crippen LogP contribution in [-0.4, -0.2) is 60.4 Å². The molecule has 1 aliphatic carbocycles. The lowest BCUT2D eigenvalue weighted by atomic mass is 9.68. The minimum atomic E-state index is -0.903. The number of pyridine rings is 1. The molecule has 2 aromatic rings. The molecule has 4 rings (SSSR count). The van der Waals surface area contributed by atoms with Crippen molar-refractivity contribution in [3.05, 3.63) is 62.6 Å². The lowest BCUT2D eigenvalue weighted by Gasteiger charge is -2.55. The molecule has 2 heterocycles. The maximum absolute atomic E-state index is 12.2. The number of methoxy groups -OCH3 is 2. The Labute approximate surface area is 188 Å². The lowest BCUT2D eigenvalue weighted by molar-refractivity contribution is -0.127. The minimum absolute atomic E-state index is 0.0116. The molecule has 32 heavy (non-hydrogen) atoms. The number of likely N-dealkylation sites (N-methyl/N-ethyl adjacent to an activating group) is 1. The maximum Gasteiger partial charge on any atom is 0.343 e. The van der Waals surface area contributed by atoms with Gasteiger partial charge < -0.3 is 19.6 Å². The number of carbonyl (C=O) groups excluding carboxylic acids is 1. The van der Waals surface area contributed by atoms with Crippen LogP contribution in [0.15, 0.2) is 29.1 Å². The number of likely N-dealkylation sites (tertiary alicyclic amines) is 1. The summed E-state index contributed by atoms with van der Waals surface area (Å²) in [6.45, 7) is 3.06. The average Bonchev–Trinajstić information content (AvgIpc) is 2.76. The number of ether oxygens (including phenoxy) is 2. The van der Waals surface area contributed by atoms with E-state index in [0.717, 1.165) is 36.4 Å². The number of rotatable bonds is 6. The Kier molecular flexibility index (Phi) is 6.14. The van der Waals surface area contributed by atoms with Crippen LogP contribution < -0.4 is 10.3 Å². The molecule has 7 heteroatoms. The van der Waals surface area contributed by atoms with E-state index in [0.29, 0.717) is 25.2 Å². The zero-order valence-electron chi connectivity index (χ0n) is 19.2. The minimum Gasteiger partial charge on any atom is -0.497 e. The van der Waals surface area contributed by atoms with Crippen molar-refractivity contribution in [1.29, 1.82) is 0 Å². The van der Waals surface area contributed by atoms with E-state index in [2.05, 4.69) is 36.0 Å². The van der Waals surface area contributed by atoms with Gasteiger partial charge in [-0.3, -0.25) is 9.69 Å². The molecule has 1 aromatic heterocycles. The average molecular weight is 441 g/mol. The van der Waals surface area contributed by atoms with Crippen molar-refractivity contribution in [2.75, 3.05) is 27.8 Å². The zero-order chi connectivity index (χ0) is 23.0. The number of aryl methyl sites for hydroxylation is 3. The van der Waals surface area contributed by atoms with Gasteiger partial charge in [0.1, 0.15) is 11.3 Å². The topological polar surface area (TPSA) is 91.9 Å². The molecule has 0 saturated carbocycles. The second-order valence-electron chi connectivity index (χ2n) is 9.26. The van der Waals surface area contributed by atoms with Crippen molar-refractivity contribution in [3.63, 3.8) is 0 Å². The molecule has 0 radical (unpaired) electrons. The second kappa shape index (κ2) is 8.71. The van der Waals surface area contributed by atoms with E-state index in [1.165, 1.54) is 18.2 Å². The Bertz CT molecular complexity index is 1080. The fourth-order valence-electron chi connectivity index (χ4n) is 5.55. The first-order valence-corrected chi connectivity index (χ1v) is 11.1. The zero-order valence-corrected chi connectivity index (χ0v) is 19.2. The van der Waals surface area contributed by atoms with E-state index in [4.69, 9.17) is 9.47 Å². The highest BCUT2D eigenvalue weighted by Crippen LogP contribution is 2.41. The van der Waals surface area contributed by atoms with E-state index in [1.54, 1.807) is 13.2 Å². The van der Waals surface area contributed by atoms with Gasteiger partial charge in [0, 0.05) is 24.7 Å². The van der Waals surface area contributed by atoms with Gasteiger partial charge >= 0.3 is 5.97 Å². The Balaban J connectivity index is 1.51. The summed E-state index contributed by atoms with van der Waals surface area (Å²) in [5.74, 6) is 0.584. The number of fused-ring (bicyclic) bond motifs is 1. The summed E-state index contributed by atoms with van der Waals surface area (Å²) < 4.78 is 10.1. The van der Waals surface area contributed by atoms with Gasteiger partial charge in [-0.25, -0.2) is 4.79 Å². The molecular formula is C25H32N2O5. The van der Waals surface area contributed by atoms with Crippen LogP contribution in [0.4, 0.5) is 0 Å². The summed E-state index contributed by atoms with van der Waals surface area (Å²) in [4.78, 5) is 29.2. The third-order valence-electron chi connectivity index (χ3n) is 7.26. The van der Waals surface area contributed by atoms with Crippen LogP contribution in [0.25, 0.3) is 0 Å². The fourth-order valence-corrected chi connectivity index (χ4v) is 5.55. The van der Waals surface area contributed by atoms with Gasteiger partial charge in [-0.2, -0.15) is 0 Å². The number of aromatic amines is 1. The highest BCUT2D eigenvalue weighted by atomic mass is 16.5. The largest absolute Gasteiger partial charge is 0.497 e. The van der Waals surface area contributed by atoms with Crippen LogP contribution in [0.1, 0.15) is 45.6 Å². The predicted octanol–water partition coefficient (Wildman–Crippen LogP) is 2.26. The molecule has 2 aliphatic rings. The number of benzene rings is 1. The maximum atomic E-state index is 12.2. The number of H-pyrrole nitrogens is 1. The molecule has 0 bridgehead atoms. The van der Waals surface area contributed by atoms with E-state index < -0.39 is 17.1 Å². The van der Waals surface area contributed by atoms with Crippen LogP contribution in [0.2, 0.25) is 0 Å². The van der Waals surface area contributed by atoms with Crippen LogP contribution >= 0.6 is 0 Å². The normalized spacial score (nSPS) is 25.0. The standard InChI is InChI=1S/C25H32N2O5/c1-15-5-8-19(31-3)11-16(15)6-7-17-14-27(2)22(17)25(30)10-9-21-18(13-25)12-20(23(28)26-21)24(29)32-4/h5,8,11-12,17,22,30H,6-7,9-10,13-14H2,1-4H3,(H,26,28). The van der Waals surface area contributed by atoms with Gasteiger partial charge in [-0.15, -0.1) is 0 Å². The van der Waals surface area contributed by atoms with Crippen molar-refractivity contribution in [2.45, 2.75) is 50.7 Å². The molecule has 1 aromatic carbocycles. The molecule has 3 unspecified atom stereocenters. The van der Waals surface area contributed by atoms with Crippen LogP contribution in [0, 0.1) is 12.8 Å². The molecular weight excluding hydrogens is 408 g/mol. The molecule has 0 spiro atoms.